The van der Waals surface area contributed by atoms with Crippen molar-refractivity contribution in [3.63, 3.8) is 0 Å². The van der Waals surface area contributed by atoms with Gasteiger partial charge in [-0.1, -0.05) is 23.2 Å². The fraction of sp³-hybridized carbons (Fsp3) is 0.310. The van der Waals surface area contributed by atoms with Gasteiger partial charge in [0, 0.05) is 74.9 Å². The number of fused-ring (bicyclic) bond motifs is 5. The highest BCUT2D eigenvalue weighted by atomic mass is 35.5. The van der Waals surface area contributed by atoms with Crippen molar-refractivity contribution < 1.29 is 9.90 Å². The van der Waals surface area contributed by atoms with Gasteiger partial charge in [0.2, 0.25) is 5.43 Å². The van der Waals surface area contributed by atoms with Crippen LogP contribution in [0.4, 0.5) is 11.4 Å². The van der Waals surface area contributed by atoms with E-state index in [0.717, 1.165) is 59.3 Å². The Morgan fingerprint density at radius 1 is 1.15 bits per heavy atom. The predicted molar refractivity (Wildman–Crippen MR) is 163 cm³/mol. The van der Waals surface area contributed by atoms with Gasteiger partial charge in [-0.2, -0.15) is 0 Å². The average Bonchev–Trinajstić information content (AvgIpc) is 3.64. The molecule has 0 amide bonds. The third-order valence-electron chi connectivity index (χ3n) is 8.61. The van der Waals surface area contributed by atoms with Crippen molar-refractivity contribution in [2.45, 2.75) is 12.5 Å². The zero-order chi connectivity index (χ0) is 28.7. The van der Waals surface area contributed by atoms with Crippen LogP contribution in [0.2, 0.25) is 10.0 Å². The summed E-state index contributed by atoms with van der Waals surface area (Å²) in [4.78, 5) is 42.7. The number of aromatic nitrogens is 4. The number of H-pyrrole nitrogens is 1. The number of aromatic carboxylic acids is 1. The van der Waals surface area contributed by atoms with Crippen LogP contribution in [-0.2, 0) is 7.05 Å². The van der Waals surface area contributed by atoms with Gasteiger partial charge in [0.05, 0.1) is 37.7 Å². The highest BCUT2D eigenvalue weighted by Gasteiger charge is 2.42. The second-order valence-electron chi connectivity index (χ2n) is 11.0. The molecule has 0 bridgehead atoms. The maximum atomic E-state index is 13.2. The number of pyridine rings is 3. The Kier molecular flexibility index (Phi) is 5.93. The fourth-order valence-electron chi connectivity index (χ4n) is 6.76. The lowest BCUT2D eigenvalue weighted by molar-refractivity contribution is 0.0695. The second-order valence-corrected chi connectivity index (χ2v) is 11.8. The summed E-state index contributed by atoms with van der Waals surface area (Å²) in [5.74, 6) is -0.755. The standard InChI is InChI=1S/C29H27Cl2N7O3/c1-32-19-7-18(30)23(31)21-22-25(38-5-4-13-10-36(2)12-20(13)38)16(9-33-27(22)35-24(19)21)14-6-15-26(39)17(29(40)41)11-37(3)28(15)34-8-14/h6-9,11,13,20,32H,4-5,10,12H2,1-3H3,(H,33,35)(H,40,41)/t13-,20+/m0/s1. The quantitative estimate of drug-likeness (QED) is 0.272. The SMILES string of the molecule is CNc1cc(Cl)c(Cl)c2c1[nH]c1ncc(-c3cnc4c(c3)c(=O)c(C(=O)O)cn4C)c(N3CC[C@H]4CN(C)C[C@H]43)c12. The Labute approximate surface area is 244 Å². The third-order valence-corrected chi connectivity index (χ3v) is 9.39. The molecule has 210 valence electrons. The van der Waals surface area contributed by atoms with E-state index in [1.807, 2.05) is 7.05 Å². The number of aromatic amines is 1. The van der Waals surface area contributed by atoms with E-state index in [1.54, 1.807) is 36.1 Å². The molecule has 2 aliphatic rings. The lowest BCUT2D eigenvalue weighted by Crippen LogP contribution is -2.35. The zero-order valence-electron chi connectivity index (χ0n) is 22.6. The molecule has 41 heavy (non-hydrogen) atoms. The Morgan fingerprint density at radius 2 is 1.95 bits per heavy atom. The molecule has 3 N–H and O–H groups in total. The molecule has 4 aromatic heterocycles. The smallest absolute Gasteiger partial charge is 0.341 e. The zero-order valence-corrected chi connectivity index (χ0v) is 24.1. The van der Waals surface area contributed by atoms with Gasteiger partial charge in [-0.05, 0) is 31.5 Å². The van der Waals surface area contributed by atoms with Gasteiger partial charge in [-0.15, -0.1) is 0 Å². The van der Waals surface area contributed by atoms with Crippen LogP contribution in [0.5, 0.6) is 0 Å². The molecule has 6 heterocycles. The first-order valence-corrected chi connectivity index (χ1v) is 14.1. The van der Waals surface area contributed by atoms with Crippen LogP contribution in [0.25, 0.3) is 44.1 Å². The van der Waals surface area contributed by atoms with Crippen LogP contribution in [0.3, 0.4) is 0 Å². The molecule has 0 unspecified atom stereocenters. The molecule has 2 fully saturated rings. The van der Waals surface area contributed by atoms with Crippen LogP contribution >= 0.6 is 23.2 Å². The van der Waals surface area contributed by atoms with E-state index in [0.29, 0.717) is 32.8 Å². The topological polar surface area (TPSA) is 119 Å². The van der Waals surface area contributed by atoms with Crippen LogP contribution in [0.15, 0.2) is 35.5 Å². The molecule has 1 aromatic carbocycles. The van der Waals surface area contributed by atoms with E-state index in [-0.39, 0.29) is 17.0 Å². The molecule has 0 aliphatic carbocycles. The number of hydrogen-bond donors (Lipinski definition) is 3. The fourth-order valence-corrected chi connectivity index (χ4v) is 7.21. The molecule has 2 saturated heterocycles. The molecule has 12 heteroatoms. The number of carbonyl (C=O) groups is 1. The third kappa shape index (κ3) is 3.81. The van der Waals surface area contributed by atoms with E-state index >= 15 is 0 Å². The molecule has 0 radical (unpaired) electrons. The van der Waals surface area contributed by atoms with Gasteiger partial charge < -0.3 is 29.8 Å². The molecule has 2 atom stereocenters. The van der Waals surface area contributed by atoms with Gasteiger partial charge in [0.25, 0.3) is 0 Å². The Morgan fingerprint density at radius 3 is 2.71 bits per heavy atom. The summed E-state index contributed by atoms with van der Waals surface area (Å²) in [5, 5.41) is 15.6. The largest absolute Gasteiger partial charge is 0.477 e. The van der Waals surface area contributed by atoms with Gasteiger partial charge in [0.1, 0.15) is 16.9 Å². The van der Waals surface area contributed by atoms with Crippen molar-refractivity contribution in [3.05, 3.63) is 56.6 Å². The van der Waals surface area contributed by atoms with Gasteiger partial charge in [-0.3, -0.25) is 4.79 Å². The van der Waals surface area contributed by atoms with Gasteiger partial charge in [-0.25, -0.2) is 14.8 Å². The first-order chi connectivity index (χ1) is 19.7. The highest BCUT2D eigenvalue weighted by molar-refractivity contribution is 6.47. The Balaban J connectivity index is 1.57. The summed E-state index contributed by atoms with van der Waals surface area (Å²) < 4.78 is 1.56. The number of hydrogen-bond acceptors (Lipinski definition) is 7. The number of carboxylic acid groups (broad SMARTS) is 1. The number of rotatable bonds is 4. The number of halogens is 2. The van der Waals surface area contributed by atoms with Gasteiger partial charge >= 0.3 is 5.97 Å². The Hall–Kier alpha value is -3.86. The second kappa shape index (κ2) is 9.34. The van der Waals surface area contributed by atoms with Crippen molar-refractivity contribution in [1.82, 2.24) is 24.4 Å². The molecule has 0 saturated carbocycles. The number of likely N-dealkylation sites (tertiary alicyclic amines) is 1. The van der Waals surface area contributed by atoms with Crippen molar-refractivity contribution in [2.75, 3.05) is 43.9 Å². The van der Waals surface area contributed by atoms with E-state index in [2.05, 4.69) is 32.1 Å². The summed E-state index contributed by atoms with van der Waals surface area (Å²) in [6.45, 7) is 2.80. The van der Waals surface area contributed by atoms with E-state index < -0.39 is 11.4 Å². The maximum Gasteiger partial charge on any atom is 0.341 e. The van der Waals surface area contributed by atoms with E-state index in [4.69, 9.17) is 28.2 Å². The minimum Gasteiger partial charge on any atom is -0.477 e. The summed E-state index contributed by atoms with van der Waals surface area (Å²) in [6, 6.07) is 3.81. The summed E-state index contributed by atoms with van der Waals surface area (Å²) in [6.07, 6.45) is 5.86. The molecule has 2 aliphatic heterocycles. The predicted octanol–water partition coefficient (Wildman–Crippen LogP) is 4.82. The summed E-state index contributed by atoms with van der Waals surface area (Å²) in [5.41, 5.74) is 4.20. The molecule has 10 nitrogen and oxygen atoms in total. The molecule has 0 spiro atoms. The molecular weight excluding hydrogens is 565 g/mol. The van der Waals surface area contributed by atoms with Crippen LogP contribution < -0.4 is 15.6 Å². The van der Waals surface area contributed by atoms with Gasteiger partial charge in [0.15, 0.2) is 0 Å². The molecule has 7 rings (SSSR count). The van der Waals surface area contributed by atoms with Crippen LogP contribution in [-0.4, -0.2) is 75.3 Å². The first-order valence-electron chi connectivity index (χ1n) is 13.4. The number of benzene rings is 1. The summed E-state index contributed by atoms with van der Waals surface area (Å²) in [7, 11) is 5.65. The highest BCUT2D eigenvalue weighted by Crippen LogP contribution is 2.48. The number of nitrogens with one attached hydrogen (secondary N) is 2. The minimum absolute atomic E-state index is 0.230. The number of nitrogens with zero attached hydrogens (tertiary/aromatic N) is 5. The summed E-state index contributed by atoms with van der Waals surface area (Å²) >= 11 is 13.5. The number of likely N-dealkylation sites (N-methyl/N-ethyl adjacent to an activating group) is 1. The average molecular weight is 592 g/mol. The monoisotopic (exact) mass is 591 g/mol. The van der Waals surface area contributed by atoms with Crippen molar-refractivity contribution >= 4 is 73.5 Å². The lowest BCUT2D eigenvalue weighted by atomic mass is 9.99. The lowest BCUT2D eigenvalue weighted by Gasteiger charge is -2.29. The van der Waals surface area contributed by atoms with E-state index in [1.165, 1.54) is 6.20 Å². The number of anilines is 2. The maximum absolute atomic E-state index is 13.2. The minimum atomic E-state index is -1.28. The van der Waals surface area contributed by atoms with E-state index in [9.17, 15) is 14.7 Å². The Bertz CT molecular complexity index is 1990. The van der Waals surface area contributed by atoms with Crippen LogP contribution in [0.1, 0.15) is 16.8 Å². The van der Waals surface area contributed by atoms with Crippen molar-refractivity contribution in [1.29, 1.82) is 0 Å². The first kappa shape index (κ1) is 26.1. The van der Waals surface area contributed by atoms with Crippen molar-refractivity contribution in [2.24, 2.45) is 13.0 Å². The normalized spacial score (nSPS) is 19.1. The van der Waals surface area contributed by atoms with Crippen LogP contribution in [0, 0.1) is 5.92 Å². The molecular formula is C29H27Cl2N7O3. The molecule has 5 aromatic rings. The number of aryl methyl sites for hydroxylation is 1. The number of carboxylic acids is 1. The van der Waals surface area contributed by atoms with Crippen molar-refractivity contribution in [3.8, 4) is 11.1 Å².